The molecule has 174 valence electrons. The van der Waals surface area contributed by atoms with Gasteiger partial charge >= 0.3 is 0 Å². The molecule has 4 rings (SSSR count). The van der Waals surface area contributed by atoms with E-state index in [1.54, 1.807) is 42.6 Å². The number of sulfonamides is 1. The van der Waals surface area contributed by atoms with E-state index in [4.69, 9.17) is 16.3 Å². The van der Waals surface area contributed by atoms with Crippen LogP contribution >= 0.6 is 11.6 Å². The Hall–Kier alpha value is -2.68. The molecule has 0 saturated heterocycles. The molecule has 1 aliphatic rings. The summed E-state index contributed by atoms with van der Waals surface area (Å²) >= 11 is 6.13. The third-order valence-electron chi connectivity index (χ3n) is 6.08. The number of anilines is 1. The van der Waals surface area contributed by atoms with Crippen molar-refractivity contribution >= 4 is 44.1 Å². The molecule has 1 aromatic heterocycles. The summed E-state index contributed by atoms with van der Waals surface area (Å²) in [6.07, 6.45) is 4.55. The lowest BCUT2D eigenvalue weighted by molar-refractivity contribution is -0.121. The Labute approximate surface area is 198 Å². The van der Waals surface area contributed by atoms with Crippen molar-refractivity contribution in [3.63, 3.8) is 0 Å². The van der Waals surface area contributed by atoms with Crippen molar-refractivity contribution in [1.82, 2.24) is 9.71 Å². The van der Waals surface area contributed by atoms with Gasteiger partial charge in [-0.25, -0.2) is 13.1 Å². The molecule has 1 heterocycles. The monoisotopic (exact) mass is 487 g/mol. The summed E-state index contributed by atoms with van der Waals surface area (Å²) in [6.45, 7) is 0.341. The van der Waals surface area contributed by atoms with Crippen LogP contribution in [-0.2, 0) is 14.8 Å². The van der Waals surface area contributed by atoms with E-state index in [9.17, 15) is 13.2 Å². The van der Waals surface area contributed by atoms with E-state index in [2.05, 4.69) is 15.0 Å². The van der Waals surface area contributed by atoms with Gasteiger partial charge in [-0.2, -0.15) is 0 Å². The molecular weight excluding hydrogens is 462 g/mol. The molecule has 2 aromatic carbocycles. The molecule has 7 nitrogen and oxygen atoms in total. The van der Waals surface area contributed by atoms with E-state index in [0.717, 1.165) is 18.2 Å². The molecule has 1 amide bonds. The highest BCUT2D eigenvalue weighted by molar-refractivity contribution is 7.89. The first-order valence-electron chi connectivity index (χ1n) is 10.8. The largest absolute Gasteiger partial charge is 0.495 e. The van der Waals surface area contributed by atoms with Gasteiger partial charge in [0, 0.05) is 29.7 Å². The van der Waals surface area contributed by atoms with E-state index < -0.39 is 10.0 Å². The summed E-state index contributed by atoms with van der Waals surface area (Å²) < 4.78 is 33.7. The van der Waals surface area contributed by atoms with Crippen LogP contribution in [0.4, 0.5) is 5.69 Å². The standard InChI is InChI=1S/C24H26ClN3O4S/c1-32-21-12-11-19(14-20(21)25)28-24(29)18-9-7-16(8-10-18)15-27-33(30,31)22-6-2-4-17-5-3-13-26-23(17)22/h2-6,11-14,16,18,27H,7-10,15H2,1H3,(H,28,29). The van der Waals surface area contributed by atoms with Crippen LogP contribution in [-0.4, -0.2) is 33.0 Å². The number of carbonyl (C=O) groups excluding carboxylic acids is 1. The maximum absolute atomic E-state index is 12.9. The zero-order valence-corrected chi connectivity index (χ0v) is 19.8. The Bertz CT molecular complexity index is 1250. The fourth-order valence-corrected chi connectivity index (χ4v) is 5.77. The van der Waals surface area contributed by atoms with Crippen LogP contribution in [0.15, 0.2) is 59.6 Å². The van der Waals surface area contributed by atoms with Gasteiger partial charge in [0.1, 0.15) is 10.6 Å². The van der Waals surface area contributed by atoms with Crippen LogP contribution in [0.2, 0.25) is 5.02 Å². The molecule has 0 spiro atoms. The number of benzene rings is 2. The van der Waals surface area contributed by atoms with Crippen molar-refractivity contribution in [2.45, 2.75) is 30.6 Å². The summed E-state index contributed by atoms with van der Waals surface area (Å²) in [6, 6.07) is 13.9. The minimum atomic E-state index is -3.68. The van der Waals surface area contributed by atoms with E-state index in [-0.39, 0.29) is 22.6 Å². The number of rotatable bonds is 7. The SMILES string of the molecule is COc1ccc(NC(=O)C2CCC(CNS(=O)(=O)c3cccc4cccnc34)CC2)cc1Cl. The van der Waals surface area contributed by atoms with Crippen LogP contribution < -0.4 is 14.8 Å². The maximum atomic E-state index is 12.9. The molecule has 0 bridgehead atoms. The number of fused-ring (bicyclic) bond motifs is 1. The van der Waals surface area contributed by atoms with Gasteiger partial charge in [0.25, 0.3) is 0 Å². The van der Waals surface area contributed by atoms with Crippen molar-refractivity contribution in [3.8, 4) is 5.75 Å². The molecule has 1 fully saturated rings. The van der Waals surface area contributed by atoms with Crippen molar-refractivity contribution in [2.75, 3.05) is 19.0 Å². The minimum absolute atomic E-state index is 0.0444. The molecule has 2 N–H and O–H groups in total. The highest BCUT2D eigenvalue weighted by Gasteiger charge is 2.28. The summed E-state index contributed by atoms with van der Waals surface area (Å²) in [5.74, 6) is 0.581. The van der Waals surface area contributed by atoms with E-state index >= 15 is 0 Å². The summed E-state index contributed by atoms with van der Waals surface area (Å²) in [5, 5.41) is 4.14. The average molecular weight is 488 g/mol. The minimum Gasteiger partial charge on any atom is -0.495 e. The topological polar surface area (TPSA) is 97.4 Å². The lowest BCUT2D eigenvalue weighted by Crippen LogP contribution is -2.33. The maximum Gasteiger partial charge on any atom is 0.242 e. The van der Waals surface area contributed by atoms with Gasteiger partial charge in [-0.05, 0) is 61.9 Å². The van der Waals surface area contributed by atoms with Crippen LogP contribution in [0.1, 0.15) is 25.7 Å². The number of nitrogens with one attached hydrogen (secondary N) is 2. The second kappa shape index (κ2) is 10.1. The van der Waals surface area contributed by atoms with Gasteiger partial charge in [-0.3, -0.25) is 9.78 Å². The highest BCUT2D eigenvalue weighted by Crippen LogP contribution is 2.31. The Morgan fingerprint density at radius 2 is 1.88 bits per heavy atom. The fourth-order valence-electron chi connectivity index (χ4n) is 4.22. The summed E-state index contributed by atoms with van der Waals surface area (Å²) in [5.41, 5.74) is 1.09. The molecule has 0 atom stereocenters. The van der Waals surface area contributed by atoms with Crippen LogP contribution in [0, 0.1) is 11.8 Å². The number of hydrogen-bond donors (Lipinski definition) is 2. The third-order valence-corrected chi connectivity index (χ3v) is 7.83. The number of methoxy groups -OCH3 is 1. The summed E-state index contributed by atoms with van der Waals surface area (Å²) in [7, 11) is -2.14. The van der Waals surface area contributed by atoms with Gasteiger partial charge in [0.15, 0.2) is 0 Å². The van der Waals surface area contributed by atoms with E-state index in [0.29, 0.717) is 41.4 Å². The first kappa shape index (κ1) is 23.5. The number of nitrogens with zero attached hydrogens (tertiary/aromatic N) is 1. The number of amides is 1. The van der Waals surface area contributed by atoms with E-state index in [1.165, 1.54) is 7.11 Å². The molecule has 33 heavy (non-hydrogen) atoms. The first-order valence-corrected chi connectivity index (χ1v) is 12.7. The number of para-hydroxylation sites is 1. The third kappa shape index (κ3) is 5.46. The number of pyridine rings is 1. The Balaban J connectivity index is 1.31. The van der Waals surface area contributed by atoms with Crippen LogP contribution in [0.3, 0.4) is 0 Å². The van der Waals surface area contributed by atoms with Crippen LogP contribution in [0.25, 0.3) is 10.9 Å². The van der Waals surface area contributed by atoms with Crippen molar-refractivity contribution in [2.24, 2.45) is 11.8 Å². The first-order chi connectivity index (χ1) is 15.9. The second-order valence-corrected chi connectivity index (χ2v) is 10.4. The zero-order valence-electron chi connectivity index (χ0n) is 18.3. The quantitative estimate of drug-likeness (QED) is 0.506. The predicted octanol–water partition coefficient (Wildman–Crippen LogP) is 4.62. The van der Waals surface area contributed by atoms with Gasteiger partial charge in [-0.15, -0.1) is 0 Å². The molecular formula is C24H26ClN3O4S. The van der Waals surface area contributed by atoms with Crippen molar-refractivity contribution in [1.29, 1.82) is 0 Å². The van der Waals surface area contributed by atoms with Crippen LogP contribution in [0.5, 0.6) is 5.75 Å². The molecule has 0 aliphatic heterocycles. The molecule has 9 heteroatoms. The van der Waals surface area contributed by atoms with Gasteiger partial charge in [0.2, 0.25) is 15.9 Å². The molecule has 0 unspecified atom stereocenters. The average Bonchev–Trinajstić information content (AvgIpc) is 2.83. The fraction of sp³-hybridized carbons (Fsp3) is 0.333. The molecule has 1 saturated carbocycles. The second-order valence-electron chi connectivity index (χ2n) is 8.24. The number of carbonyl (C=O) groups is 1. The molecule has 1 aliphatic carbocycles. The van der Waals surface area contributed by atoms with Gasteiger partial charge in [-0.1, -0.05) is 29.8 Å². The number of hydrogen-bond acceptors (Lipinski definition) is 5. The van der Waals surface area contributed by atoms with Gasteiger partial charge < -0.3 is 10.1 Å². The lowest BCUT2D eigenvalue weighted by Gasteiger charge is -2.28. The highest BCUT2D eigenvalue weighted by atomic mass is 35.5. The smallest absolute Gasteiger partial charge is 0.242 e. The number of halogens is 1. The van der Waals surface area contributed by atoms with E-state index in [1.807, 2.05) is 12.1 Å². The summed E-state index contributed by atoms with van der Waals surface area (Å²) in [4.78, 5) is 17.1. The Morgan fingerprint density at radius 3 is 2.61 bits per heavy atom. The lowest BCUT2D eigenvalue weighted by atomic mass is 9.81. The predicted molar refractivity (Wildman–Crippen MR) is 129 cm³/mol. The zero-order chi connectivity index (χ0) is 23.4. The Morgan fingerprint density at radius 1 is 1.12 bits per heavy atom. The van der Waals surface area contributed by atoms with Crippen molar-refractivity contribution < 1.29 is 17.9 Å². The Kier molecular flexibility index (Phi) is 7.17. The molecule has 0 radical (unpaired) electrons. The molecule has 3 aromatic rings. The normalized spacial score (nSPS) is 18.7. The number of ether oxygens (including phenoxy) is 1. The number of aromatic nitrogens is 1. The van der Waals surface area contributed by atoms with Gasteiger partial charge in [0.05, 0.1) is 17.6 Å². The van der Waals surface area contributed by atoms with Crippen molar-refractivity contribution in [3.05, 3.63) is 59.8 Å².